The van der Waals surface area contributed by atoms with E-state index in [1.165, 1.54) is 0 Å². The van der Waals surface area contributed by atoms with E-state index in [-0.39, 0.29) is 11.7 Å². The van der Waals surface area contributed by atoms with Crippen molar-refractivity contribution in [1.82, 2.24) is 5.32 Å². The fraction of sp³-hybridized carbons (Fsp3) is 0.900. The Morgan fingerprint density at radius 1 is 1.54 bits per heavy atom. The van der Waals surface area contributed by atoms with Crippen molar-refractivity contribution in [2.75, 3.05) is 13.2 Å². The normalized spacial score (nSPS) is 29.2. The molecule has 0 radical (unpaired) electrons. The van der Waals surface area contributed by atoms with Gasteiger partial charge in [0.15, 0.2) is 0 Å². The minimum absolute atomic E-state index is 0.0520. The van der Waals surface area contributed by atoms with E-state index in [4.69, 9.17) is 4.74 Å². The number of hydrogen-bond acceptors (Lipinski definition) is 3. The van der Waals surface area contributed by atoms with Gasteiger partial charge >= 0.3 is 0 Å². The van der Waals surface area contributed by atoms with Crippen LogP contribution in [0.1, 0.15) is 27.2 Å². The molecule has 1 rings (SSSR count). The van der Waals surface area contributed by atoms with Crippen molar-refractivity contribution < 1.29 is 9.53 Å². The van der Waals surface area contributed by atoms with Crippen LogP contribution in [0.25, 0.3) is 0 Å². The largest absolute Gasteiger partial charge is 0.381 e. The van der Waals surface area contributed by atoms with Gasteiger partial charge in [0, 0.05) is 18.7 Å². The molecule has 1 saturated heterocycles. The molecule has 3 nitrogen and oxygen atoms in total. The Morgan fingerprint density at radius 2 is 2.23 bits per heavy atom. The second-order valence-corrected chi connectivity index (χ2v) is 4.01. The van der Waals surface area contributed by atoms with Crippen molar-refractivity contribution in [2.24, 2.45) is 5.92 Å². The summed E-state index contributed by atoms with van der Waals surface area (Å²) < 4.78 is 5.29. The van der Waals surface area contributed by atoms with Gasteiger partial charge in [-0.1, -0.05) is 13.8 Å². The molecule has 1 N–H and O–H groups in total. The minimum Gasteiger partial charge on any atom is -0.381 e. The van der Waals surface area contributed by atoms with Gasteiger partial charge in [-0.25, -0.2) is 0 Å². The van der Waals surface area contributed by atoms with E-state index in [1.807, 2.05) is 0 Å². The summed E-state index contributed by atoms with van der Waals surface area (Å²) >= 11 is 0. The lowest BCUT2D eigenvalue weighted by molar-refractivity contribution is -0.126. The Bertz CT molecular complexity index is 180. The molecule has 0 aromatic carbocycles. The maximum Gasteiger partial charge on any atom is 0.136 e. The van der Waals surface area contributed by atoms with Gasteiger partial charge in [-0.2, -0.15) is 0 Å². The first-order valence-corrected chi connectivity index (χ1v) is 4.95. The zero-order valence-electron chi connectivity index (χ0n) is 8.67. The van der Waals surface area contributed by atoms with Gasteiger partial charge in [0.25, 0.3) is 0 Å². The summed E-state index contributed by atoms with van der Waals surface area (Å²) in [6, 6.07) is 0.746. The monoisotopic (exact) mass is 185 g/mol. The highest BCUT2D eigenvalue weighted by atomic mass is 16.5. The molecule has 3 heteroatoms. The maximum absolute atomic E-state index is 11.3. The summed E-state index contributed by atoms with van der Waals surface area (Å²) in [5.41, 5.74) is 0. The smallest absolute Gasteiger partial charge is 0.136 e. The van der Waals surface area contributed by atoms with Gasteiger partial charge < -0.3 is 10.1 Å². The highest BCUT2D eigenvalue weighted by Gasteiger charge is 2.29. The summed E-state index contributed by atoms with van der Waals surface area (Å²) in [6.07, 6.45) is 0.947. The van der Waals surface area contributed by atoms with Crippen molar-refractivity contribution in [3.63, 3.8) is 0 Å². The Labute approximate surface area is 79.8 Å². The van der Waals surface area contributed by atoms with E-state index in [9.17, 15) is 4.79 Å². The van der Waals surface area contributed by atoms with Crippen LogP contribution in [0.4, 0.5) is 0 Å². The van der Waals surface area contributed by atoms with Crippen molar-refractivity contribution >= 4 is 5.78 Å². The molecule has 0 saturated carbocycles. The molecular weight excluding hydrogens is 166 g/mol. The molecule has 0 spiro atoms. The lowest BCUT2D eigenvalue weighted by atomic mass is 9.92. The number of ketones is 1. The van der Waals surface area contributed by atoms with Crippen LogP contribution in [0.3, 0.4) is 0 Å². The molecule has 76 valence electrons. The van der Waals surface area contributed by atoms with E-state index in [0.29, 0.717) is 18.7 Å². The SMILES string of the molecule is CC(=O)[C@H]1COCC[C@H]1NC(C)C. The van der Waals surface area contributed by atoms with Gasteiger partial charge in [0.05, 0.1) is 12.5 Å². The van der Waals surface area contributed by atoms with Crippen LogP contribution in [0.2, 0.25) is 0 Å². The van der Waals surface area contributed by atoms with Crippen LogP contribution in [-0.4, -0.2) is 31.1 Å². The van der Waals surface area contributed by atoms with E-state index in [1.54, 1.807) is 6.92 Å². The van der Waals surface area contributed by atoms with Gasteiger partial charge in [-0.15, -0.1) is 0 Å². The molecule has 0 aromatic heterocycles. The van der Waals surface area contributed by atoms with Crippen LogP contribution in [0.15, 0.2) is 0 Å². The van der Waals surface area contributed by atoms with Crippen molar-refractivity contribution in [3.8, 4) is 0 Å². The van der Waals surface area contributed by atoms with Crippen LogP contribution in [-0.2, 0) is 9.53 Å². The van der Waals surface area contributed by atoms with Gasteiger partial charge in [0.2, 0.25) is 0 Å². The van der Waals surface area contributed by atoms with Crippen molar-refractivity contribution in [2.45, 2.75) is 39.3 Å². The Balaban J connectivity index is 2.51. The topological polar surface area (TPSA) is 38.3 Å². The third-order valence-electron chi connectivity index (χ3n) is 2.43. The summed E-state index contributed by atoms with van der Waals surface area (Å²) in [5, 5.41) is 3.41. The number of rotatable bonds is 3. The summed E-state index contributed by atoms with van der Waals surface area (Å²) in [6.45, 7) is 7.21. The Kier molecular flexibility index (Phi) is 3.88. The molecule has 0 aliphatic carbocycles. The summed E-state index contributed by atoms with van der Waals surface area (Å²) in [5.74, 6) is 0.286. The van der Waals surface area contributed by atoms with Crippen LogP contribution < -0.4 is 5.32 Å². The van der Waals surface area contributed by atoms with Crippen molar-refractivity contribution in [1.29, 1.82) is 0 Å². The molecule has 0 amide bonds. The molecule has 1 fully saturated rings. The van der Waals surface area contributed by atoms with Crippen molar-refractivity contribution in [3.05, 3.63) is 0 Å². The standard InChI is InChI=1S/C10H19NO2/c1-7(2)11-10-4-5-13-6-9(10)8(3)12/h7,9-11H,4-6H2,1-3H3/t9-,10-/m1/s1. The third-order valence-corrected chi connectivity index (χ3v) is 2.43. The van der Waals surface area contributed by atoms with Crippen LogP contribution in [0, 0.1) is 5.92 Å². The first-order chi connectivity index (χ1) is 6.11. The van der Waals surface area contributed by atoms with Crippen LogP contribution >= 0.6 is 0 Å². The predicted octanol–water partition coefficient (Wildman–Crippen LogP) is 0.978. The molecule has 1 aliphatic rings. The first kappa shape index (κ1) is 10.7. The number of carbonyl (C=O) groups is 1. The third kappa shape index (κ3) is 3.08. The molecule has 1 aliphatic heterocycles. The molecule has 1 heterocycles. The van der Waals surface area contributed by atoms with Gasteiger partial charge in [-0.3, -0.25) is 4.79 Å². The first-order valence-electron chi connectivity index (χ1n) is 4.95. The highest BCUT2D eigenvalue weighted by Crippen LogP contribution is 2.16. The number of ether oxygens (including phenoxy) is 1. The number of carbonyl (C=O) groups excluding carboxylic acids is 1. The highest BCUT2D eigenvalue weighted by molar-refractivity contribution is 5.79. The predicted molar refractivity (Wildman–Crippen MR) is 51.7 cm³/mol. The molecule has 2 atom stereocenters. The fourth-order valence-corrected chi connectivity index (χ4v) is 1.77. The average molecular weight is 185 g/mol. The minimum atomic E-state index is 0.0520. The average Bonchev–Trinajstić information content (AvgIpc) is 2.03. The number of nitrogens with one attached hydrogen (secondary N) is 1. The molecule has 13 heavy (non-hydrogen) atoms. The fourth-order valence-electron chi connectivity index (χ4n) is 1.77. The van der Waals surface area contributed by atoms with Crippen LogP contribution in [0.5, 0.6) is 0 Å². The molecule has 0 unspecified atom stereocenters. The molecular formula is C10H19NO2. The second kappa shape index (κ2) is 4.72. The van der Waals surface area contributed by atoms with E-state index >= 15 is 0 Å². The molecule has 0 bridgehead atoms. The van der Waals surface area contributed by atoms with E-state index < -0.39 is 0 Å². The quantitative estimate of drug-likeness (QED) is 0.712. The van der Waals surface area contributed by atoms with E-state index in [2.05, 4.69) is 19.2 Å². The van der Waals surface area contributed by atoms with Gasteiger partial charge in [0.1, 0.15) is 5.78 Å². The number of hydrogen-bond donors (Lipinski definition) is 1. The summed E-state index contributed by atoms with van der Waals surface area (Å²) in [7, 11) is 0. The Morgan fingerprint density at radius 3 is 2.77 bits per heavy atom. The number of Topliss-reactive ketones (excluding diaryl/α,β-unsaturated/α-hetero) is 1. The zero-order valence-corrected chi connectivity index (χ0v) is 8.67. The molecule has 0 aromatic rings. The maximum atomic E-state index is 11.3. The lowest BCUT2D eigenvalue weighted by Crippen LogP contribution is -2.48. The van der Waals surface area contributed by atoms with Gasteiger partial charge in [-0.05, 0) is 13.3 Å². The lowest BCUT2D eigenvalue weighted by Gasteiger charge is -2.32. The summed E-state index contributed by atoms with van der Waals surface area (Å²) in [4.78, 5) is 11.3. The second-order valence-electron chi connectivity index (χ2n) is 4.01. The Hall–Kier alpha value is -0.410. The van der Waals surface area contributed by atoms with E-state index in [0.717, 1.165) is 13.0 Å². The zero-order chi connectivity index (χ0) is 9.84.